The van der Waals surface area contributed by atoms with Gasteiger partial charge in [0.05, 0.1) is 16.4 Å². The number of benzene rings is 1. The first kappa shape index (κ1) is 22.9. The van der Waals surface area contributed by atoms with Gasteiger partial charge in [0.1, 0.15) is 17.7 Å². The van der Waals surface area contributed by atoms with Gasteiger partial charge in [0, 0.05) is 25.9 Å². The van der Waals surface area contributed by atoms with Gasteiger partial charge >= 0.3 is 5.97 Å². The third-order valence-corrected chi connectivity index (χ3v) is 5.62. The fourth-order valence-corrected chi connectivity index (χ4v) is 4.14. The summed E-state index contributed by atoms with van der Waals surface area (Å²) in [5.41, 5.74) is 1.24. The van der Waals surface area contributed by atoms with Crippen LogP contribution < -0.4 is 5.32 Å². The minimum absolute atomic E-state index is 0. The smallest absolute Gasteiger partial charge is 0.312 e. The van der Waals surface area contributed by atoms with Gasteiger partial charge < -0.3 is 19.9 Å². The maximum absolute atomic E-state index is 13.3. The van der Waals surface area contributed by atoms with Crippen molar-refractivity contribution in [3.05, 3.63) is 29.8 Å². The summed E-state index contributed by atoms with van der Waals surface area (Å²) in [6.45, 7) is 3.31. The Hall–Kier alpha value is -1.41. The standard InChI is InChI=1S/C19H25FN4O2.2ClH/c1-24(9-4-17-22-15-3-2-13(20)10-16(15)23-17)12-14-11-19(18(25)26-14)5-7-21-8-6-19;;/h2-3,10,14,21H,4-9,11-12H2,1H3,(H,22,23);2*1H. The second kappa shape index (κ2) is 9.39. The number of aromatic nitrogens is 2. The number of hydrogen-bond acceptors (Lipinski definition) is 5. The van der Waals surface area contributed by atoms with Gasteiger partial charge in [-0.05, 0) is 51.2 Å². The molecule has 156 valence electrons. The number of ether oxygens (including phenoxy) is 1. The van der Waals surface area contributed by atoms with E-state index in [4.69, 9.17) is 4.74 Å². The van der Waals surface area contributed by atoms with Crippen LogP contribution in [0.5, 0.6) is 0 Å². The van der Waals surface area contributed by atoms with Gasteiger partial charge in [0.15, 0.2) is 0 Å². The maximum atomic E-state index is 13.3. The SMILES string of the molecule is CN(CCc1nc2ccc(F)cc2[nH]1)CC1CC2(CCNCC2)C(=O)O1.Cl.Cl. The van der Waals surface area contributed by atoms with E-state index in [2.05, 4.69) is 20.2 Å². The van der Waals surface area contributed by atoms with E-state index in [1.54, 1.807) is 6.07 Å². The van der Waals surface area contributed by atoms with Crippen molar-refractivity contribution in [3.63, 3.8) is 0 Å². The van der Waals surface area contributed by atoms with E-state index < -0.39 is 0 Å². The van der Waals surface area contributed by atoms with Crippen molar-refractivity contribution in [1.29, 1.82) is 0 Å². The zero-order valence-corrected chi connectivity index (χ0v) is 17.5. The molecular formula is C19H27Cl2FN4O2. The molecule has 2 aliphatic rings. The number of carbonyl (C=O) groups excluding carboxylic acids is 1. The monoisotopic (exact) mass is 432 g/mol. The largest absolute Gasteiger partial charge is 0.461 e. The number of piperidine rings is 1. The van der Waals surface area contributed by atoms with Crippen LogP contribution in [0.25, 0.3) is 11.0 Å². The lowest BCUT2D eigenvalue weighted by Crippen LogP contribution is -2.39. The van der Waals surface area contributed by atoms with E-state index in [1.165, 1.54) is 12.1 Å². The Morgan fingerprint density at radius 1 is 1.32 bits per heavy atom. The summed E-state index contributed by atoms with van der Waals surface area (Å²) in [7, 11) is 2.03. The molecule has 6 nitrogen and oxygen atoms in total. The lowest BCUT2D eigenvalue weighted by atomic mass is 9.76. The number of cyclic esters (lactones) is 1. The molecule has 1 spiro atoms. The molecule has 1 aromatic heterocycles. The lowest BCUT2D eigenvalue weighted by molar-refractivity contribution is -0.150. The molecule has 9 heteroatoms. The highest BCUT2D eigenvalue weighted by Crippen LogP contribution is 2.41. The Morgan fingerprint density at radius 3 is 2.82 bits per heavy atom. The molecule has 4 rings (SSSR count). The summed E-state index contributed by atoms with van der Waals surface area (Å²) >= 11 is 0. The van der Waals surface area contributed by atoms with Crippen molar-refractivity contribution in [3.8, 4) is 0 Å². The molecule has 2 N–H and O–H groups in total. The molecule has 3 heterocycles. The third kappa shape index (κ3) is 4.76. The van der Waals surface area contributed by atoms with Crippen molar-refractivity contribution in [2.24, 2.45) is 5.41 Å². The van der Waals surface area contributed by atoms with Gasteiger partial charge in [-0.3, -0.25) is 4.79 Å². The number of fused-ring (bicyclic) bond motifs is 1. The van der Waals surface area contributed by atoms with Crippen LogP contribution >= 0.6 is 24.8 Å². The molecule has 1 atom stereocenters. The normalized spacial score (nSPS) is 20.8. The zero-order valence-electron chi connectivity index (χ0n) is 15.9. The van der Waals surface area contributed by atoms with E-state index >= 15 is 0 Å². The van der Waals surface area contributed by atoms with Crippen LogP contribution in [-0.4, -0.2) is 60.2 Å². The average Bonchev–Trinajstić information content (AvgIpc) is 3.14. The lowest BCUT2D eigenvalue weighted by Gasteiger charge is -2.29. The number of esters is 1. The van der Waals surface area contributed by atoms with Crippen LogP contribution in [-0.2, 0) is 16.0 Å². The van der Waals surface area contributed by atoms with E-state index in [9.17, 15) is 9.18 Å². The van der Waals surface area contributed by atoms with Crippen molar-refractivity contribution in [2.75, 3.05) is 33.2 Å². The van der Waals surface area contributed by atoms with Crippen LogP contribution in [0.2, 0.25) is 0 Å². The quantitative estimate of drug-likeness (QED) is 0.710. The van der Waals surface area contributed by atoms with Crippen molar-refractivity contribution in [2.45, 2.75) is 31.8 Å². The summed E-state index contributed by atoms with van der Waals surface area (Å²) in [5.74, 6) is 0.562. The average molecular weight is 433 g/mol. The molecule has 0 amide bonds. The second-order valence-corrected chi connectivity index (χ2v) is 7.62. The zero-order chi connectivity index (χ0) is 18.1. The van der Waals surface area contributed by atoms with E-state index in [0.29, 0.717) is 0 Å². The topological polar surface area (TPSA) is 70.2 Å². The third-order valence-electron chi connectivity index (χ3n) is 5.62. The number of carbonyl (C=O) groups is 1. The van der Waals surface area contributed by atoms with Crippen LogP contribution in [0.4, 0.5) is 4.39 Å². The van der Waals surface area contributed by atoms with Gasteiger partial charge in [-0.15, -0.1) is 24.8 Å². The molecular weight excluding hydrogens is 406 g/mol. The van der Waals surface area contributed by atoms with Gasteiger partial charge in [-0.25, -0.2) is 9.37 Å². The highest BCUT2D eigenvalue weighted by molar-refractivity contribution is 5.85. The molecule has 2 saturated heterocycles. The van der Waals surface area contributed by atoms with Crippen LogP contribution in [0, 0.1) is 11.2 Å². The summed E-state index contributed by atoms with van der Waals surface area (Å²) < 4.78 is 18.9. The molecule has 0 saturated carbocycles. The number of likely N-dealkylation sites (N-methyl/N-ethyl adjacent to an activating group) is 1. The number of imidazole rings is 1. The Labute approximate surface area is 176 Å². The molecule has 0 bridgehead atoms. The van der Waals surface area contributed by atoms with Gasteiger partial charge in [-0.2, -0.15) is 0 Å². The molecule has 1 unspecified atom stereocenters. The molecule has 2 aromatic rings. The van der Waals surface area contributed by atoms with Crippen molar-refractivity contribution in [1.82, 2.24) is 20.2 Å². The van der Waals surface area contributed by atoms with E-state index in [1.807, 2.05) is 7.05 Å². The Kier molecular flexibility index (Phi) is 7.67. The minimum atomic E-state index is -0.264. The Balaban J connectivity index is 0.00000140. The minimum Gasteiger partial charge on any atom is -0.461 e. The summed E-state index contributed by atoms with van der Waals surface area (Å²) in [4.78, 5) is 22.2. The second-order valence-electron chi connectivity index (χ2n) is 7.62. The Bertz CT molecular complexity index is 810. The molecule has 2 aliphatic heterocycles. The number of nitrogens with one attached hydrogen (secondary N) is 2. The highest BCUT2D eigenvalue weighted by Gasteiger charge is 2.49. The van der Waals surface area contributed by atoms with Gasteiger partial charge in [0.25, 0.3) is 0 Å². The number of nitrogens with zero attached hydrogens (tertiary/aromatic N) is 2. The van der Waals surface area contributed by atoms with Crippen LogP contribution in [0.1, 0.15) is 25.1 Å². The summed E-state index contributed by atoms with van der Waals surface area (Å²) in [6, 6.07) is 4.57. The fraction of sp³-hybridized carbons (Fsp3) is 0.579. The first-order chi connectivity index (χ1) is 12.5. The maximum Gasteiger partial charge on any atom is 0.312 e. The van der Waals surface area contributed by atoms with E-state index in [-0.39, 0.29) is 48.1 Å². The van der Waals surface area contributed by atoms with Crippen molar-refractivity contribution < 1.29 is 13.9 Å². The van der Waals surface area contributed by atoms with E-state index in [0.717, 1.165) is 68.7 Å². The first-order valence-corrected chi connectivity index (χ1v) is 9.29. The van der Waals surface area contributed by atoms with Gasteiger partial charge in [-0.1, -0.05) is 0 Å². The molecule has 28 heavy (non-hydrogen) atoms. The first-order valence-electron chi connectivity index (χ1n) is 9.29. The number of aromatic amines is 1. The fourth-order valence-electron chi connectivity index (χ4n) is 4.14. The van der Waals surface area contributed by atoms with Crippen LogP contribution in [0.15, 0.2) is 18.2 Å². The predicted octanol–water partition coefficient (Wildman–Crippen LogP) is 2.71. The number of rotatable bonds is 5. The number of halogens is 3. The molecule has 2 fully saturated rings. The summed E-state index contributed by atoms with van der Waals surface area (Å²) in [6.07, 6.45) is 3.28. The van der Waals surface area contributed by atoms with Gasteiger partial charge in [0.2, 0.25) is 0 Å². The predicted molar refractivity (Wildman–Crippen MR) is 111 cm³/mol. The van der Waals surface area contributed by atoms with Crippen LogP contribution in [0.3, 0.4) is 0 Å². The van der Waals surface area contributed by atoms with Crippen molar-refractivity contribution >= 4 is 41.8 Å². The summed E-state index contributed by atoms with van der Waals surface area (Å²) in [5, 5.41) is 3.31. The number of hydrogen-bond donors (Lipinski definition) is 2. The number of H-pyrrole nitrogens is 1. The molecule has 0 aliphatic carbocycles. The Morgan fingerprint density at radius 2 is 2.07 bits per heavy atom. The highest BCUT2D eigenvalue weighted by atomic mass is 35.5. The molecule has 0 radical (unpaired) electrons. The molecule has 1 aromatic carbocycles.